The van der Waals surface area contributed by atoms with Crippen molar-refractivity contribution in [3.63, 3.8) is 0 Å². The Kier molecular flexibility index (Phi) is 4.42. The van der Waals surface area contributed by atoms with Crippen molar-refractivity contribution in [3.05, 3.63) is 95.6 Å². The first kappa shape index (κ1) is 16.7. The first-order valence-electron chi connectivity index (χ1n) is 9.31. The van der Waals surface area contributed by atoms with Gasteiger partial charge in [-0.25, -0.2) is 0 Å². The second-order valence-electron chi connectivity index (χ2n) is 7.38. The van der Waals surface area contributed by atoms with Crippen molar-refractivity contribution in [1.29, 1.82) is 0 Å². The number of hydrogen-bond acceptors (Lipinski definition) is 2. The average Bonchev–Trinajstić information content (AvgIpc) is 2.70. The molecular formula is C24H24O2. The maximum atomic E-state index is 9.74. The molecule has 0 bridgehead atoms. The SMILES string of the molecule is Oc1ccc(C2CCCC(c3ccccc3)(c3ccc(O)cc3)C2)cc1. The molecule has 0 amide bonds. The van der Waals surface area contributed by atoms with Gasteiger partial charge in [-0.05, 0) is 66.1 Å². The Morgan fingerprint density at radius 3 is 1.92 bits per heavy atom. The third-order valence-corrected chi connectivity index (χ3v) is 5.86. The summed E-state index contributed by atoms with van der Waals surface area (Å²) in [6.07, 6.45) is 4.46. The molecule has 3 aromatic rings. The summed E-state index contributed by atoms with van der Waals surface area (Å²) in [5, 5.41) is 19.4. The van der Waals surface area contributed by atoms with Gasteiger partial charge in [-0.3, -0.25) is 0 Å². The van der Waals surface area contributed by atoms with Crippen LogP contribution in [0.3, 0.4) is 0 Å². The third kappa shape index (κ3) is 3.08. The molecule has 1 aliphatic carbocycles. The van der Waals surface area contributed by atoms with Crippen molar-refractivity contribution in [1.82, 2.24) is 0 Å². The van der Waals surface area contributed by atoms with E-state index in [1.54, 1.807) is 24.3 Å². The zero-order chi connectivity index (χ0) is 18.0. The van der Waals surface area contributed by atoms with Crippen LogP contribution in [-0.4, -0.2) is 10.2 Å². The Morgan fingerprint density at radius 2 is 1.27 bits per heavy atom. The molecule has 1 aliphatic rings. The van der Waals surface area contributed by atoms with E-state index in [1.165, 1.54) is 16.7 Å². The number of hydrogen-bond donors (Lipinski definition) is 2. The zero-order valence-corrected chi connectivity index (χ0v) is 14.8. The Bertz CT molecular complexity index is 853. The Hall–Kier alpha value is -2.74. The predicted octanol–water partition coefficient (Wildman–Crippen LogP) is 5.74. The van der Waals surface area contributed by atoms with Crippen molar-refractivity contribution >= 4 is 0 Å². The van der Waals surface area contributed by atoms with Crippen LogP contribution in [0.1, 0.15) is 48.3 Å². The molecule has 0 spiro atoms. The summed E-state index contributed by atoms with van der Waals surface area (Å²) in [5.74, 6) is 1.08. The van der Waals surface area contributed by atoms with Gasteiger partial charge < -0.3 is 10.2 Å². The molecule has 0 aliphatic heterocycles. The molecule has 3 aromatic carbocycles. The monoisotopic (exact) mass is 344 g/mol. The van der Waals surface area contributed by atoms with E-state index in [4.69, 9.17) is 0 Å². The van der Waals surface area contributed by atoms with Gasteiger partial charge in [-0.2, -0.15) is 0 Å². The summed E-state index contributed by atoms with van der Waals surface area (Å²) in [7, 11) is 0. The number of phenolic OH excluding ortho intramolecular Hbond substituents is 2. The quantitative estimate of drug-likeness (QED) is 0.636. The molecule has 1 fully saturated rings. The fraction of sp³-hybridized carbons (Fsp3) is 0.250. The molecular weight excluding hydrogens is 320 g/mol. The molecule has 2 atom stereocenters. The van der Waals surface area contributed by atoms with E-state index in [0.29, 0.717) is 17.4 Å². The highest BCUT2D eigenvalue weighted by Gasteiger charge is 2.39. The number of rotatable bonds is 3. The number of phenols is 2. The molecule has 0 aromatic heterocycles. The molecule has 0 saturated heterocycles. The van der Waals surface area contributed by atoms with Gasteiger partial charge in [0.25, 0.3) is 0 Å². The van der Waals surface area contributed by atoms with Gasteiger partial charge in [0.05, 0.1) is 0 Å². The van der Waals surface area contributed by atoms with Crippen LogP contribution in [0.5, 0.6) is 11.5 Å². The lowest BCUT2D eigenvalue weighted by atomic mass is 9.61. The molecule has 4 rings (SSSR count). The first-order valence-corrected chi connectivity index (χ1v) is 9.31. The van der Waals surface area contributed by atoms with E-state index in [9.17, 15) is 10.2 Å². The maximum absolute atomic E-state index is 9.74. The lowest BCUT2D eigenvalue weighted by Gasteiger charge is -2.42. The van der Waals surface area contributed by atoms with E-state index in [2.05, 4.69) is 54.6 Å². The van der Waals surface area contributed by atoms with Crippen molar-refractivity contribution in [2.24, 2.45) is 0 Å². The van der Waals surface area contributed by atoms with Crippen molar-refractivity contribution < 1.29 is 10.2 Å². The minimum Gasteiger partial charge on any atom is -0.508 e. The Balaban J connectivity index is 1.78. The van der Waals surface area contributed by atoms with Crippen molar-refractivity contribution in [2.45, 2.75) is 37.0 Å². The summed E-state index contributed by atoms with van der Waals surface area (Å²) in [6, 6.07) is 26.2. The van der Waals surface area contributed by atoms with Gasteiger partial charge in [0.2, 0.25) is 0 Å². The normalized spacial score (nSPS) is 22.8. The summed E-state index contributed by atoms with van der Waals surface area (Å²) in [5.41, 5.74) is 3.86. The van der Waals surface area contributed by atoms with Crippen LogP contribution in [-0.2, 0) is 5.41 Å². The van der Waals surface area contributed by atoms with E-state index in [0.717, 1.165) is 25.7 Å². The molecule has 2 N–H and O–H groups in total. The van der Waals surface area contributed by atoms with Crippen molar-refractivity contribution in [3.8, 4) is 11.5 Å². The van der Waals surface area contributed by atoms with E-state index < -0.39 is 0 Å². The fourth-order valence-corrected chi connectivity index (χ4v) is 4.53. The minimum absolute atomic E-state index is 0.0459. The second-order valence-corrected chi connectivity index (χ2v) is 7.38. The smallest absolute Gasteiger partial charge is 0.115 e. The summed E-state index contributed by atoms with van der Waals surface area (Å²) in [4.78, 5) is 0. The largest absolute Gasteiger partial charge is 0.508 e. The highest BCUT2D eigenvalue weighted by Crippen LogP contribution is 2.50. The molecule has 2 nitrogen and oxygen atoms in total. The van der Waals surface area contributed by atoms with Crippen LogP contribution in [0.15, 0.2) is 78.9 Å². The Morgan fingerprint density at radius 1 is 0.692 bits per heavy atom. The van der Waals surface area contributed by atoms with Crippen molar-refractivity contribution in [2.75, 3.05) is 0 Å². The van der Waals surface area contributed by atoms with Gasteiger partial charge in [0.15, 0.2) is 0 Å². The van der Waals surface area contributed by atoms with Crippen LogP contribution in [0.2, 0.25) is 0 Å². The summed E-state index contributed by atoms with van der Waals surface area (Å²) >= 11 is 0. The van der Waals surface area contributed by atoms with Crippen LogP contribution in [0.4, 0.5) is 0 Å². The van der Waals surface area contributed by atoms with Gasteiger partial charge in [-0.15, -0.1) is 0 Å². The van der Waals surface area contributed by atoms with Crippen LogP contribution >= 0.6 is 0 Å². The average molecular weight is 344 g/mol. The lowest BCUT2D eigenvalue weighted by Crippen LogP contribution is -2.33. The second kappa shape index (κ2) is 6.87. The molecule has 26 heavy (non-hydrogen) atoms. The van der Waals surface area contributed by atoms with Gasteiger partial charge in [-0.1, -0.05) is 61.0 Å². The highest BCUT2D eigenvalue weighted by atomic mass is 16.3. The van der Waals surface area contributed by atoms with E-state index >= 15 is 0 Å². The van der Waals surface area contributed by atoms with Crippen LogP contribution < -0.4 is 0 Å². The molecule has 2 heteroatoms. The zero-order valence-electron chi connectivity index (χ0n) is 14.8. The van der Waals surface area contributed by atoms with Crippen LogP contribution in [0.25, 0.3) is 0 Å². The molecule has 132 valence electrons. The van der Waals surface area contributed by atoms with Crippen LogP contribution in [0, 0.1) is 0 Å². The maximum Gasteiger partial charge on any atom is 0.115 e. The number of benzene rings is 3. The van der Waals surface area contributed by atoms with E-state index in [-0.39, 0.29) is 5.41 Å². The summed E-state index contributed by atoms with van der Waals surface area (Å²) < 4.78 is 0. The first-order chi connectivity index (χ1) is 12.7. The Labute approximate surface area is 154 Å². The molecule has 1 saturated carbocycles. The highest BCUT2D eigenvalue weighted by molar-refractivity contribution is 5.43. The third-order valence-electron chi connectivity index (χ3n) is 5.86. The molecule has 2 unspecified atom stereocenters. The van der Waals surface area contributed by atoms with E-state index in [1.807, 2.05) is 0 Å². The topological polar surface area (TPSA) is 40.5 Å². The molecule has 0 heterocycles. The van der Waals surface area contributed by atoms with Gasteiger partial charge in [0.1, 0.15) is 11.5 Å². The predicted molar refractivity (Wildman–Crippen MR) is 105 cm³/mol. The fourth-order valence-electron chi connectivity index (χ4n) is 4.53. The molecule has 0 radical (unpaired) electrons. The number of aromatic hydroxyl groups is 2. The lowest BCUT2D eigenvalue weighted by molar-refractivity contribution is 0.310. The van der Waals surface area contributed by atoms with Gasteiger partial charge in [0, 0.05) is 5.41 Å². The standard InChI is InChI=1S/C24H24O2/c25-22-12-8-18(9-13-22)19-5-4-16-24(17-19,20-6-2-1-3-7-20)21-10-14-23(26)15-11-21/h1-3,6-15,19,25-26H,4-5,16-17H2. The van der Waals surface area contributed by atoms with Gasteiger partial charge >= 0.3 is 0 Å². The minimum atomic E-state index is -0.0459. The summed E-state index contributed by atoms with van der Waals surface area (Å²) in [6.45, 7) is 0.